The molecule has 0 aliphatic carbocycles. The fourth-order valence-electron chi connectivity index (χ4n) is 2.32. The number of halogens is 3. The molecule has 28 heavy (non-hydrogen) atoms. The van der Waals surface area contributed by atoms with Gasteiger partial charge >= 0.3 is 12.1 Å². The normalized spacial score (nSPS) is 11.3. The summed E-state index contributed by atoms with van der Waals surface area (Å²) in [5.41, 5.74) is -0.236. The van der Waals surface area contributed by atoms with Crippen LogP contribution < -0.4 is 4.90 Å². The minimum atomic E-state index is -4.53. The van der Waals surface area contributed by atoms with E-state index in [1.165, 1.54) is 37.6 Å². The van der Waals surface area contributed by atoms with E-state index in [9.17, 15) is 22.8 Å². The first kappa shape index (κ1) is 19.6. The first-order valence-corrected chi connectivity index (χ1v) is 8.75. The SMILES string of the molecule is CC(=O)N(c1cccc(C(F)(F)F)c1)c1nc(COC(=O)c2ccoc2)cs1. The van der Waals surface area contributed by atoms with Crippen LogP contribution in [-0.2, 0) is 22.3 Å². The number of aromatic nitrogens is 1. The van der Waals surface area contributed by atoms with Gasteiger partial charge in [-0.15, -0.1) is 11.3 Å². The molecule has 0 fully saturated rings. The Morgan fingerprint density at radius 3 is 2.71 bits per heavy atom. The lowest BCUT2D eigenvalue weighted by Crippen LogP contribution is -2.23. The summed E-state index contributed by atoms with van der Waals surface area (Å²) in [7, 11) is 0. The van der Waals surface area contributed by atoms with Gasteiger partial charge in [0.25, 0.3) is 0 Å². The zero-order chi connectivity index (χ0) is 20.3. The molecule has 1 amide bonds. The van der Waals surface area contributed by atoms with Gasteiger partial charge in [0.15, 0.2) is 5.13 Å². The molecule has 0 unspecified atom stereocenters. The van der Waals surface area contributed by atoms with E-state index < -0.39 is 23.6 Å². The Morgan fingerprint density at radius 1 is 1.29 bits per heavy atom. The van der Waals surface area contributed by atoms with Crippen LogP contribution in [0, 0.1) is 0 Å². The van der Waals surface area contributed by atoms with Crippen LogP contribution in [0.15, 0.2) is 52.7 Å². The van der Waals surface area contributed by atoms with Crippen molar-refractivity contribution in [2.75, 3.05) is 4.90 Å². The van der Waals surface area contributed by atoms with E-state index in [2.05, 4.69) is 4.98 Å². The van der Waals surface area contributed by atoms with Gasteiger partial charge in [0.1, 0.15) is 12.9 Å². The third kappa shape index (κ3) is 4.39. The van der Waals surface area contributed by atoms with E-state index in [0.29, 0.717) is 5.69 Å². The van der Waals surface area contributed by atoms with Gasteiger partial charge in [0.05, 0.1) is 28.8 Å². The summed E-state index contributed by atoms with van der Waals surface area (Å²) in [4.78, 5) is 29.1. The number of thiazole rings is 1. The maximum Gasteiger partial charge on any atom is 0.416 e. The van der Waals surface area contributed by atoms with Crippen molar-refractivity contribution < 1.29 is 31.9 Å². The highest BCUT2D eigenvalue weighted by molar-refractivity contribution is 7.14. The van der Waals surface area contributed by atoms with Gasteiger partial charge in [-0.2, -0.15) is 13.2 Å². The van der Waals surface area contributed by atoms with E-state index in [1.54, 1.807) is 5.38 Å². The summed E-state index contributed by atoms with van der Waals surface area (Å²) in [6.45, 7) is 1.06. The van der Waals surface area contributed by atoms with Gasteiger partial charge in [0, 0.05) is 12.3 Å². The van der Waals surface area contributed by atoms with Crippen LogP contribution in [0.5, 0.6) is 0 Å². The number of rotatable bonds is 5. The summed E-state index contributed by atoms with van der Waals surface area (Å²) in [6.07, 6.45) is -1.97. The maximum absolute atomic E-state index is 13.0. The molecule has 146 valence electrons. The Balaban J connectivity index is 1.79. The van der Waals surface area contributed by atoms with E-state index in [4.69, 9.17) is 9.15 Å². The van der Waals surface area contributed by atoms with Gasteiger partial charge < -0.3 is 9.15 Å². The molecule has 0 bridgehead atoms. The Labute approximate surface area is 161 Å². The predicted molar refractivity (Wildman–Crippen MR) is 94.2 cm³/mol. The molecule has 10 heteroatoms. The number of hydrogen-bond donors (Lipinski definition) is 0. The van der Waals surface area contributed by atoms with Crippen LogP contribution in [0.25, 0.3) is 0 Å². The Morgan fingerprint density at radius 2 is 2.07 bits per heavy atom. The lowest BCUT2D eigenvalue weighted by molar-refractivity contribution is -0.137. The minimum Gasteiger partial charge on any atom is -0.472 e. The summed E-state index contributed by atoms with van der Waals surface area (Å²) >= 11 is 1.05. The molecule has 0 spiro atoms. The fraction of sp³-hybridized carbons (Fsp3) is 0.167. The zero-order valence-electron chi connectivity index (χ0n) is 14.4. The van der Waals surface area contributed by atoms with Crippen molar-refractivity contribution in [2.45, 2.75) is 19.7 Å². The monoisotopic (exact) mass is 410 g/mol. The second-order valence-corrected chi connectivity index (χ2v) is 6.45. The third-order valence-electron chi connectivity index (χ3n) is 3.59. The van der Waals surface area contributed by atoms with Crippen LogP contribution in [0.1, 0.15) is 28.5 Å². The molecule has 2 aromatic heterocycles. The van der Waals surface area contributed by atoms with E-state index in [1.807, 2.05) is 0 Å². The molecule has 0 aliphatic rings. The van der Waals surface area contributed by atoms with E-state index in [0.717, 1.165) is 28.4 Å². The van der Waals surface area contributed by atoms with Gasteiger partial charge in [0.2, 0.25) is 5.91 Å². The topological polar surface area (TPSA) is 72.6 Å². The van der Waals surface area contributed by atoms with Gasteiger partial charge in [-0.25, -0.2) is 9.78 Å². The maximum atomic E-state index is 13.0. The average Bonchev–Trinajstić information content (AvgIpc) is 3.31. The molecule has 0 saturated heterocycles. The van der Waals surface area contributed by atoms with Crippen molar-refractivity contribution in [3.05, 3.63) is 65.1 Å². The molecule has 0 N–H and O–H groups in total. The van der Waals surface area contributed by atoms with Crippen molar-refractivity contribution in [3.8, 4) is 0 Å². The van der Waals surface area contributed by atoms with Gasteiger partial charge in [-0.1, -0.05) is 6.07 Å². The molecule has 0 atom stereocenters. The highest BCUT2D eigenvalue weighted by Gasteiger charge is 2.31. The van der Waals surface area contributed by atoms with Crippen molar-refractivity contribution >= 4 is 34.0 Å². The number of anilines is 2. The quantitative estimate of drug-likeness (QED) is 0.565. The molecule has 2 heterocycles. The molecular weight excluding hydrogens is 397 g/mol. The van der Waals surface area contributed by atoms with Crippen molar-refractivity contribution in [1.29, 1.82) is 0 Å². The number of hydrogen-bond acceptors (Lipinski definition) is 6. The molecular formula is C18H13F3N2O4S. The number of carbonyl (C=O) groups excluding carboxylic acids is 2. The Hall–Kier alpha value is -3.14. The Bertz CT molecular complexity index is 983. The second kappa shape index (κ2) is 7.85. The van der Waals surface area contributed by atoms with Crippen LogP contribution in [-0.4, -0.2) is 16.9 Å². The molecule has 3 rings (SSSR count). The third-order valence-corrected chi connectivity index (χ3v) is 4.46. The number of benzene rings is 1. The highest BCUT2D eigenvalue weighted by Crippen LogP contribution is 2.35. The fourth-order valence-corrected chi connectivity index (χ4v) is 3.19. The van der Waals surface area contributed by atoms with Gasteiger partial charge in [-0.05, 0) is 24.3 Å². The van der Waals surface area contributed by atoms with Crippen LogP contribution in [0.4, 0.5) is 24.0 Å². The van der Waals surface area contributed by atoms with Crippen LogP contribution >= 0.6 is 11.3 Å². The second-order valence-electron chi connectivity index (χ2n) is 5.61. The molecule has 0 saturated carbocycles. The smallest absolute Gasteiger partial charge is 0.416 e. The first-order valence-electron chi connectivity index (χ1n) is 7.87. The zero-order valence-corrected chi connectivity index (χ0v) is 15.2. The molecule has 1 aromatic carbocycles. The summed E-state index contributed by atoms with van der Waals surface area (Å²) in [6, 6.07) is 5.84. The van der Waals surface area contributed by atoms with Crippen LogP contribution in [0.3, 0.4) is 0 Å². The van der Waals surface area contributed by atoms with E-state index in [-0.39, 0.29) is 23.0 Å². The van der Waals surface area contributed by atoms with E-state index >= 15 is 0 Å². The number of amides is 1. The van der Waals surface area contributed by atoms with Gasteiger partial charge in [-0.3, -0.25) is 9.69 Å². The van der Waals surface area contributed by atoms with Crippen LogP contribution in [0.2, 0.25) is 0 Å². The molecule has 0 radical (unpaired) electrons. The van der Waals surface area contributed by atoms with Crippen molar-refractivity contribution in [2.24, 2.45) is 0 Å². The number of alkyl halides is 3. The lowest BCUT2D eigenvalue weighted by atomic mass is 10.2. The predicted octanol–water partition coefficient (Wildman–Crippen LogP) is 4.80. The Kier molecular flexibility index (Phi) is 5.50. The summed E-state index contributed by atoms with van der Waals surface area (Å²) in [5.74, 6) is -1.11. The molecule has 6 nitrogen and oxygen atoms in total. The summed E-state index contributed by atoms with van der Waals surface area (Å²) in [5, 5.41) is 1.72. The first-order chi connectivity index (χ1) is 13.3. The number of carbonyl (C=O) groups is 2. The number of esters is 1. The average molecular weight is 410 g/mol. The lowest BCUT2D eigenvalue weighted by Gasteiger charge is -2.19. The van der Waals surface area contributed by atoms with Crippen molar-refractivity contribution in [1.82, 2.24) is 4.98 Å². The molecule has 3 aromatic rings. The molecule has 0 aliphatic heterocycles. The number of ether oxygens (including phenoxy) is 1. The number of nitrogens with zero attached hydrogens (tertiary/aromatic N) is 2. The van der Waals surface area contributed by atoms with Crippen molar-refractivity contribution in [3.63, 3.8) is 0 Å². The highest BCUT2D eigenvalue weighted by atomic mass is 32.1. The minimum absolute atomic E-state index is 0.0404. The summed E-state index contributed by atoms with van der Waals surface area (Å²) < 4.78 is 48.8. The standard InChI is InChI=1S/C18H13F3N2O4S/c1-11(24)23(15-4-2-3-13(7-15)18(19,20)21)17-22-14(10-28-17)9-27-16(25)12-5-6-26-8-12/h2-8,10H,9H2,1H3. The number of furan rings is 1. The largest absolute Gasteiger partial charge is 0.472 e.